The molecular weight excluding hydrogens is 548 g/mol. The fourth-order valence-corrected chi connectivity index (χ4v) is 3.60. The first kappa shape index (κ1) is 29.8. The lowest BCUT2D eigenvalue weighted by atomic mass is 9.94. The summed E-state index contributed by atoms with van der Waals surface area (Å²) in [5, 5.41) is 2.19. The van der Waals surface area contributed by atoms with Crippen LogP contribution in [0.2, 0.25) is 0 Å². The summed E-state index contributed by atoms with van der Waals surface area (Å²) in [5.41, 5.74) is -4.60. The largest absolute Gasteiger partial charge is 0.488 e. The molecule has 39 heavy (non-hydrogen) atoms. The van der Waals surface area contributed by atoms with Crippen molar-refractivity contribution in [3.8, 4) is 5.75 Å². The van der Waals surface area contributed by atoms with Crippen LogP contribution in [-0.2, 0) is 12.1 Å². The predicted octanol–water partition coefficient (Wildman–Crippen LogP) is 7.79. The third-order valence-electron chi connectivity index (χ3n) is 5.37. The van der Waals surface area contributed by atoms with Gasteiger partial charge >= 0.3 is 18.5 Å². The molecule has 1 N–H and O–H groups in total. The fraction of sp³-hybridized carbons (Fsp3) is 0.269. The Balaban J connectivity index is 2.16. The zero-order valence-corrected chi connectivity index (χ0v) is 20.0. The van der Waals surface area contributed by atoms with Crippen molar-refractivity contribution in [3.63, 3.8) is 0 Å². The lowest BCUT2D eigenvalue weighted by Gasteiger charge is -2.24. The molecule has 210 valence electrons. The second-order valence-corrected chi connectivity index (χ2v) is 8.65. The normalized spacial score (nSPS) is 13.1. The van der Waals surface area contributed by atoms with Gasteiger partial charge in [-0.05, 0) is 73.5 Å². The molecule has 0 saturated heterocycles. The number of nitrogens with one attached hydrogen (secondary N) is 1. The van der Waals surface area contributed by atoms with Gasteiger partial charge in [0, 0.05) is 11.1 Å². The number of alkyl halides is 7. The molecule has 1 amide bonds. The zero-order chi connectivity index (χ0) is 29.3. The van der Waals surface area contributed by atoms with Crippen LogP contribution < -0.4 is 10.1 Å². The van der Waals surface area contributed by atoms with Crippen molar-refractivity contribution in [3.05, 3.63) is 99.9 Å². The molecule has 13 heteroatoms. The van der Waals surface area contributed by atoms with E-state index in [1.165, 1.54) is 0 Å². The number of rotatable bonds is 8. The molecule has 0 bridgehead atoms. The predicted molar refractivity (Wildman–Crippen MR) is 119 cm³/mol. The topological polar surface area (TPSA) is 38.3 Å². The Hall–Kier alpha value is -3.77. The second kappa shape index (κ2) is 11.1. The Bertz CT molecular complexity index is 1360. The number of ether oxygens (including phenoxy) is 1. The van der Waals surface area contributed by atoms with Gasteiger partial charge in [-0.1, -0.05) is 6.07 Å². The fourth-order valence-electron chi connectivity index (χ4n) is 3.60. The number of amides is 1. The maximum absolute atomic E-state index is 14.4. The van der Waals surface area contributed by atoms with Crippen LogP contribution >= 0.6 is 0 Å². The molecule has 3 rings (SSSR count). The summed E-state index contributed by atoms with van der Waals surface area (Å²) in [6.45, 7) is 3.09. The van der Waals surface area contributed by atoms with Gasteiger partial charge in [0.1, 0.15) is 11.6 Å². The molecule has 0 aliphatic heterocycles. The summed E-state index contributed by atoms with van der Waals surface area (Å²) in [4.78, 5) is 12.9. The molecule has 0 aromatic heterocycles. The number of halogens is 10. The van der Waals surface area contributed by atoms with Gasteiger partial charge in [-0.15, -0.1) is 0 Å². The Labute approximate surface area is 215 Å². The molecule has 3 aromatic rings. The number of hydrogen-bond acceptors (Lipinski definition) is 2. The van der Waals surface area contributed by atoms with Crippen molar-refractivity contribution in [2.45, 2.75) is 44.5 Å². The summed E-state index contributed by atoms with van der Waals surface area (Å²) >= 11 is 0. The van der Waals surface area contributed by atoms with Crippen LogP contribution in [0, 0.1) is 17.5 Å². The van der Waals surface area contributed by atoms with Crippen molar-refractivity contribution >= 4 is 5.91 Å². The van der Waals surface area contributed by atoms with Gasteiger partial charge in [-0.3, -0.25) is 4.79 Å². The standard InChI is InChI=1S/C26H19F10NO2/c1-12(2)39-21-10-13(3-6-20(21)29)22(15-7-16(11-17(27)8-15)25(32,33)24(30)31)37-23(38)14-4-5-19(28)18(9-14)26(34,35)36/h3-12,22,24H,1-2H3,(H,37,38)/t22-/m1/s1. The van der Waals surface area contributed by atoms with E-state index in [4.69, 9.17) is 4.74 Å². The first-order valence-electron chi connectivity index (χ1n) is 11.1. The van der Waals surface area contributed by atoms with E-state index in [2.05, 4.69) is 5.32 Å². The highest BCUT2D eigenvalue weighted by Gasteiger charge is 2.43. The number of carbonyl (C=O) groups is 1. The molecule has 1 atom stereocenters. The van der Waals surface area contributed by atoms with Crippen molar-refractivity contribution < 1.29 is 53.4 Å². The van der Waals surface area contributed by atoms with Gasteiger partial charge in [-0.25, -0.2) is 22.0 Å². The van der Waals surface area contributed by atoms with Gasteiger partial charge in [0.15, 0.2) is 11.6 Å². The highest BCUT2D eigenvalue weighted by atomic mass is 19.4. The quantitative estimate of drug-likeness (QED) is 0.283. The molecule has 0 aliphatic rings. The molecule has 0 heterocycles. The molecule has 0 unspecified atom stereocenters. The third-order valence-corrected chi connectivity index (χ3v) is 5.37. The average Bonchev–Trinajstić information content (AvgIpc) is 2.82. The Morgan fingerprint density at radius 3 is 2.05 bits per heavy atom. The van der Waals surface area contributed by atoms with Crippen LogP contribution in [0.3, 0.4) is 0 Å². The maximum Gasteiger partial charge on any atom is 0.419 e. The van der Waals surface area contributed by atoms with Gasteiger partial charge < -0.3 is 10.1 Å². The van der Waals surface area contributed by atoms with Gasteiger partial charge in [0.2, 0.25) is 0 Å². The Morgan fingerprint density at radius 1 is 0.821 bits per heavy atom. The minimum absolute atomic E-state index is 0.129. The molecule has 0 aliphatic carbocycles. The van der Waals surface area contributed by atoms with Crippen molar-refractivity contribution in [1.82, 2.24) is 5.32 Å². The van der Waals surface area contributed by atoms with Gasteiger partial charge in [0.05, 0.1) is 17.7 Å². The third kappa shape index (κ3) is 6.82. The number of benzene rings is 3. The van der Waals surface area contributed by atoms with Crippen LogP contribution in [0.15, 0.2) is 54.6 Å². The highest BCUT2D eigenvalue weighted by molar-refractivity contribution is 5.95. The van der Waals surface area contributed by atoms with Crippen LogP contribution in [0.1, 0.15) is 52.5 Å². The molecule has 3 nitrogen and oxygen atoms in total. The molecule has 0 spiro atoms. The molecule has 3 aromatic carbocycles. The Morgan fingerprint density at radius 2 is 1.46 bits per heavy atom. The van der Waals surface area contributed by atoms with Crippen molar-refractivity contribution in [1.29, 1.82) is 0 Å². The van der Waals surface area contributed by atoms with Crippen LogP contribution in [-0.4, -0.2) is 18.4 Å². The van der Waals surface area contributed by atoms with E-state index in [0.717, 1.165) is 18.2 Å². The summed E-state index contributed by atoms with van der Waals surface area (Å²) in [5.74, 6) is -10.4. The maximum atomic E-state index is 14.4. The molecule has 0 fully saturated rings. The van der Waals surface area contributed by atoms with Gasteiger partial charge in [0.25, 0.3) is 5.91 Å². The van der Waals surface area contributed by atoms with Gasteiger partial charge in [-0.2, -0.15) is 22.0 Å². The minimum atomic E-state index is -5.17. The number of hydrogen-bond donors (Lipinski definition) is 1. The minimum Gasteiger partial charge on any atom is -0.488 e. The number of carbonyl (C=O) groups excluding carboxylic acids is 1. The summed E-state index contributed by atoms with van der Waals surface area (Å²) in [7, 11) is 0. The van der Waals surface area contributed by atoms with E-state index in [9.17, 15) is 48.7 Å². The zero-order valence-electron chi connectivity index (χ0n) is 20.0. The smallest absolute Gasteiger partial charge is 0.419 e. The molecule has 0 radical (unpaired) electrons. The van der Waals surface area contributed by atoms with Crippen LogP contribution in [0.4, 0.5) is 43.9 Å². The monoisotopic (exact) mass is 567 g/mol. The van der Waals surface area contributed by atoms with E-state index in [-0.39, 0.29) is 23.4 Å². The average molecular weight is 567 g/mol. The summed E-state index contributed by atoms with van der Waals surface area (Å²) in [6.07, 6.45) is -9.96. The Kier molecular flexibility index (Phi) is 8.51. The van der Waals surface area contributed by atoms with Crippen molar-refractivity contribution in [2.24, 2.45) is 0 Å². The van der Waals surface area contributed by atoms with E-state index >= 15 is 0 Å². The first-order chi connectivity index (χ1) is 18.0. The van der Waals surface area contributed by atoms with E-state index in [0.29, 0.717) is 24.3 Å². The lowest BCUT2D eigenvalue weighted by molar-refractivity contribution is -0.140. The van der Waals surface area contributed by atoms with Crippen molar-refractivity contribution in [2.75, 3.05) is 0 Å². The van der Waals surface area contributed by atoms with Crippen LogP contribution in [0.25, 0.3) is 0 Å². The highest BCUT2D eigenvalue weighted by Crippen LogP contribution is 2.38. The van der Waals surface area contributed by atoms with Crippen LogP contribution in [0.5, 0.6) is 5.75 Å². The lowest BCUT2D eigenvalue weighted by Crippen LogP contribution is -2.31. The SMILES string of the molecule is CC(C)Oc1cc([C@@H](NC(=O)c2ccc(F)c(C(F)(F)F)c2)c2cc(F)cc(C(F)(F)C(F)F)c2)ccc1F. The molecular formula is C26H19F10NO2. The summed E-state index contributed by atoms with van der Waals surface area (Å²) in [6, 6.07) is 3.75. The first-order valence-corrected chi connectivity index (χ1v) is 11.1. The van der Waals surface area contributed by atoms with E-state index in [1.54, 1.807) is 13.8 Å². The second-order valence-electron chi connectivity index (χ2n) is 8.65. The summed E-state index contributed by atoms with van der Waals surface area (Å²) < 4.78 is 141. The van der Waals surface area contributed by atoms with E-state index < -0.39 is 76.3 Å². The van der Waals surface area contributed by atoms with E-state index in [1.807, 2.05) is 0 Å². The molecule has 0 saturated carbocycles.